The molecule has 0 bridgehead atoms. The lowest BCUT2D eigenvalue weighted by atomic mass is 9.78. The van der Waals surface area contributed by atoms with Crippen molar-refractivity contribution in [1.29, 1.82) is 0 Å². The van der Waals surface area contributed by atoms with Crippen molar-refractivity contribution >= 4 is 0 Å². The molecule has 0 aromatic heterocycles. The first-order chi connectivity index (χ1) is 13.4. The summed E-state index contributed by atoms with van der Waals surface area (Å²) in [7, 11) is 0. The molecule has 0 radical (unpaired) electrons. The number of rotatable bonds is 4. The van der Waals surface area contributed by atoms with Crippen molar-refractivity contribution < 1.29 is 8.78 Å². The molecule has 2 fully saturated rings. The molecule has 0 heterocycles. The summed E-state index contributed by atoms with van der Waals surface area (Å²) >= 11 is 0. The summed E-state index contributed by atoms with van der Waals surface area (Å²) in [6, 6.07) is 8.42. The fourth-order valence-electron chi connectivity index (χ4n) is 4.53. The van der Waals surface area contributed by atoms with Gasteiger partial charge in [0.05, 0.1) is 0 Å². The van der Waals surface area contributed by atoms with E-state index in [1.165, 1.54) is 31.2 Å². The predicted octanol–water partition coefficient (Wildman–Crippen LogP) is 7.56. The van der Waals surface area contributed by atoms with Crippen molar-refractivity contribution in [2.75, 3.05) is 0 Å². The predicted molar refractivity (Wildman–Crippen MR) is 113 cm³/mol. The number of benzene rings is 1. The fraction of sp³-hybridized carbons (Fsp3) is 0.615. The molecular weight excluding hydrogens is 350 g/mol. The van der Waals surface area contributed by atoms with Gasteiger partial charge in [0.25, 0.3) is 5.92 Å². The van der Waals surface area contributed by atoms with E-state index in [4.69, 9.17) is 0 Å². The van der Waals surface area contributed by atoms with Gasteiger partial charge in [0.1, 0.15) is 0 Å². The number of halogens is 2. The summed E-state index contributed by atoms with van der Waals surface area (Å²) in [5.74, 6) is 5.30. The summed E-state index contributed by atoms with van der Waals surface area (Å²) < 4.78 is 27.7. The van der Waals surface area contributed by atoms with Gasteiger partial charge in [0.2, 0.25) is 0 Å². The molecule has 0 amide bonds. The molecule has 0 spiro atoms. The van der Waals surface area contributed by atoms with Crippen LogP contribution in [0.4, 0.5) is 8.78 Å². The average Bonchev–Trinajstić information content (AvgIpc) is 2.68. The average molecular weight is 385 g/mol. The van der Waals surface area contributed by atoms with E-state index in [2.05, 4.69) is 55.2 Å². The first kappa shape index (κ1) is 21.1. The Hall–Kier alpha value is -1.62. The molecule has 2 atom stereocenters. The Morgan fingerprint density at radius 3 is 2.18 bits per heavy atom. The lowest BCUT2D eigenvalue weighted by molar-refractivity contribution is -0.0947. The second-order valence-corrected chi connectivity index (χ2v) is 9.11. The number of hydrogen-bond acceptors (Lipinski definition) is 0. The zero-order valence-corrected chi connectivity index (χ0v) is 17.4. The van der Waals surface area contributed by atoms with Crippen LogP contribution >= 0.6 is 0 Å². The Labute approximate surface area is 169 Å². The highest BCUT2D eigenvalue weighted by Gasteiger charge is 2.41. The quantitative estimate of drug-likeness (QED) is 0.371. The van der Waals surface area contributed by atoms with Crippen molar-refractivity contribution in [3.8, 4) is 11.8 Å². The van der Waals surface area contributed by atoms with E-state index >= 15 is 0 Å². The SMILES string of the molecule is Cc1ccc(C#CC2CCC(C/C=C\CC3CCC(C)C(F)(F)C3)CC2)cc1. The van der Waals surface area contributed by atoms with Crippen LogP contribution in [0.25, 0.3) is 0 Å². The van der Waals surface area contributed by atoms with E-state index in [1.807, 2.05) is 0 Å². The van der Waals surface area contributed by atoms with E-state index in [0.717, 1.165) is 30.7 Å². The van der Waals surface area contributed by atoms with Crippen molar-refractivity contribution in [3.63, 3.8) is 0 Å². The van der Waals surface area contributed by atoms with Gasteiger partial charge in [-0.25, -0.2) is 8.78 Å². The normalized spacial score (nSPS) is 30.0. The second kappa shape index (κ2) is 9.73. The molecule has 2 aliphatic carbocycles. The van der Waals surface area contributed by atoms with Crippen molar-refractivity contribution in [2.24, 2.45) is 23.7 Å². The maximum Gasteiger partial charge on any atom is 0.250 e. The molecule has 2 aliphatic rings. The van der Waals surface area contributed by atoms with Crippen LogP contribution in [0.3, 0.4) is 0 Å². The van der Waals surface area contributed by atoms with Crippen LogP contribution in [0.15, 0.2) is 36.4 Å². The van der Waals surface area contributed by atoms with E-state index in [-0.39, 0.29) is 12.3 Å². The minimum Gasteiger partial charge on any atom is -0.207 e. The highest BCUT2D eigenvalue weighted by Crippen LogP contribution is 2.42. The molecule has 152 valence electrons. The molecule has 1 aromatic rings. The van der Waals surface area contributed by atoms with E-state index in [0.29, 0.717) is 12.3 Å². The Bertz CT molecular complexity index is 696. The summed E-state index contributed by atoms with van der Waals surface area (Å²) in [6.07, 6.45) is 12.9. The first-order valence-corrected chi connectivity index (χ1v) is 11.0. The van der Waals surface area contributed by atoms with Crippen LogP contribution in [-0.2, 0) is 0 Å². The topological polar surface area (TPSA) is 0 Å². The standard InChI is InChI=1S/C26H34F2/c1-20-7-10-23(11-8-20)17-18-24-15-13-22(14-16-24)5-3-4-6-25-12-9-21(2)26(27,28)19-25/h3-4,7-8,10-11,21-22,24-25H,5-6,9,12-16,19H2,1-2H3/b4-3-. The molecule has 2 saturated carbocycles. The monoisotopic (exact) mass is 384 g/mol. The van der Waals surface area contributed by atoms with Gasteiger partial charge in [-0.3, -0.25) is 0 Å². The summed E-state index contributed by atoms with van der Waals surface area (Å²) in [5, 5.41) is 0. The number of alkyl halides is 2. The van der Waals surface area contributed by atoms with Gasteiger partial charge in [0, 0.05) is 23.8 Å². The Kier molecular flexibility index (Phi) is 7.33. The van der Waals surface area contributed by atoms with Gasteiger partial charge < -0.3 is 0 Å². The van der Waals surface area contributed by atoms with Gasteiger partial charge in [-0.1, -0.05) is 48.6 Å². The van der Waals surface area contributed by atoms with Crippen LogP contribution in [0.5, 0.6) is 0 Å². The highest BCUT2D eigenvalue weighted by molar-refractivity contribution is 5.36. The largest absolute Gasteiger partial charge is 0.250 e. The van der Waals surface area contributed by atoms with Crippen LogP contribution in [0.2, 0.25) is 0 Å². The van der Waals surface area contributed by atoms with Crippen molar-refractivity contribution in [1.82, 2.24) is 0 Å². The molecule has 1 aromatic carbocycles. The minimum atomic E-state index is -2.46. The maximum absolute atomic E-state index is 13.8. The second-order valence-electron chi connectivity index (χ2n) is 9.11. The van der Waals surface area contributed by atoms with Crippen LogP contribution in [0, 0.1) is 42.4 Å². The summed E-state index contributed by atoms with van der Waals surface area (Å²) in [4.78, 5) is 0. The lowest BCUT2D eigenvalue weighted by Gasteiger charge is -2.33. The highest BCUT2D eigenvalue weighted by atomic mass is 19.3. The van der Waals surface area contributed by atoms with Crippen molar-refractivity contribution in [3.05, 3.63) is 47.5 Å². The zero-order valence-electron chi connectivity index (χ0n) is 17.4. The van der Waals surface area contributed by atoms with E-state index in [1.54, 1.807) is 6.92 Å². The van der Waals surface area contributed by atoms with E-state index in [9.17, 15) is 8.78 Å². The van der Waals surface area contributed by atoms with Crippen LogP contribution in [0.1, 0.15) is 75.8 Å². The number of allylic oxidation sites excluding steroid dienone is 2. The summed E-state index contributed by atoms with van der Waals surface area (Å²) in [6.45, 7) is 3.78. The van der Waals surface area contributed by atoms with Crippen molar-refractivity contribution in [2.45, 2.75) is 77.6 Å². The number of aryl methyl sites for hydroxylation is 1. The Balaban J connectivity index is 1.36. The maximum atomic E-state index is 13.8. The first-order valence-electron chi connectivity index (χ1n) is 11.0. The third kappa shape index (κ3) is 6.20. The summed E-state index contributed by atoms with van der Waals surface area (Å²) in [5.41, 5.74) is 2.38. The molecule has 2 heteroatoms. The third-order valence-electron chi connectivity index (χ3n) is 6.71. The fourth-order valence-corrected chi connectivity index (χ4v) is 4.53. The third-order valence-corrected chi connectivity index (χ3v) is 6.71. The molecule has 2 unspecified atom stereocenters. The number of hydrogen-bond donors (Lipinski definition) is 0. The molecule has 28 heavy (non-hydrogen) atoms. The minimum absolute atomic E-state index is 0.0727. The smallest absolute Gasteiger partial charge is 0.207 e. The molecule has 0 aliphatic heterocycles. The van der Waals surface area contributed by atoms with Crippen LogP contribution in [-0.4, -0.2) is 5.92 Å². The lowest BCUT2D eigenvalue weighted by Crippen LogP contribution is -2.33. The molecule has 0 nitrogen and oxygen atoms in total. The molecular formula is C26H34F2. The van der Waals surface area contributed by atoms with E-state index < -0.39 is 11.8 Å². The molecule has 3 rings (SSSR count). The molecule has 0 N–H and O–H groups in total. The Morgan fingerprint density at radius 2 is 1.54 bits per heavy atom. The van der Waals surface area contributed by atoms with Gasteiger partial charge >= 0.3 is 0 Å². The van der Waals surface area contributed by atoms with Gasteiger partial charge in [-0.2, -0.15) is 0 Å². The van der Waals surface area contributed by atoms with Gasteiger partial charge in [-0.15, -0.1) is 0 Å². The van der Waals surface area contributed by atoms with Crippen LogP contribution < -0.4 is 0 Å². The van der Waals surface area contributed by atoms with Gasteiger partial charge in [0.15, 0.2) is 0 Å². The Morgan fingerprint density at radius 1 is 0.929 bits per heavy atom. The van der Waals surface area contributed by atoms with Gasteiger partial charge in [-0.05, 0) is 82.3 Å². The molecule has 0 saturated heterocycles. The zero-order chi connectivity index (χ0) is 20.0.